The molecule has 2 aromatic carbocycles. The number of rotatable bonds is 9. The third-order valence-electron chi connectivity index (χ3n) is 3.80. The van der Waals surface area contributed by atoms with Gasteiger partial charge < -0.3 is 20.3 Å². The van der Waals surface area contributed by atoms with Crippen LogP contribution >= 0.6 is 0 Å². The fraction of sp³-hybridized carbons (Fsp3) is 0.381. The molecule has 0 aliphatic heterocycles. The molecule has 0 radical (unpaired) electrons. The lowest BCUT2D eigenvalue weighted by Gasteiger charge is -2.04. The first-order valence-electron chi connectivity index (χ1n) is 8.87. The average molecular weight is 359 g/mol. The van der Waals surface area contributed by atoms with Crippen LogP contribution in [0.2, 0.25) is 0 Å². The zero-order valence-corrected chi connectivity index (χ0v) is 15.6. The summed E-state index contributed by atoms with van der Waals surface area (Å²) in [4.78, 5) is 10.6. The smallest absolute Gasteiger partial charge is 0.335 e. The molecule has 0 spiro atoms. The molecule has 0 bridgehead atoms. The highest BCUT2D eigenvalue weighted by Gasteiger charge is 2.01. The lowest BCUT2D eigenvalue weighted by molar-refractivity contribution is 0.0697. The molecule has 0 unspecified atom stereocenters. The largest absolute Gasteiger partial charge is 0.497 e. The molecule has 0 saturated heterocycles. The molecule has 5 heteroatoms. The SMILES string of the molecule is CCCCCNCc1ccc(C(=O)O)cc1.COc1cccc(CO)c1. The van der Waals surface area contributed by atoms with Crippen LogP contribution in [0.1, 0.15) is 47.7 Å². The van der Waals surface area contributed by atoms with E-state index in [2.05, 4.69) is 12.2 Å². The summed E-state index contributed by atoms with van der Waals surface area (Å²) in [5, 5.41) is 20.8. The lowest BCUT2D eigenvalue weighted by Crippen LogP contribution is -2.14. The van der Waals surface area contributed by atoms with E-state index >= 15 is 0 Å². The molecule has 2 rings (SSSR count). The second-order valence-corrected chi connectivity index (χ2v) is 5.90. The normalized spacial score (nSPS) is 9.96. The van der Waals surface area contributed by atoms with E-state index < -0.39 is 5.97 Å². The summed E-state index contributed by atoms with van der Waals surface area (Å²) in [5.74, 6) is -0.0889. The number of hydrogen-bond donors (Lipinski definition) is 3. The highest BCUT2D eigenvalue weighted by atomic mass is 16.5. The Bertz CT molecular complexity index is 621. The summed E-state index contributed by atoms with van der Waals surface area (Å²) in [7, 11) is 1.61. The first-order chi connectivity index (χ1) is 12.6. The van der Waals surface area contributed by atoms with Crippen molar-refractivity contribution in [3.63, 3.8) is 0 Å². The highest BCUT2D eigenvalue weighted by Crippen LogP contribution is 2.11. The average Bonchev–Trinajstić information content (AvgIpc) is 2.68. The van der Waals surface area contributed by atoms with Crippen molar-refractivity contribution in [3.05, 3.63) is 65.2 Å². The van der Waals surface area contributed by atoms with Crippen LogP contribution < -0.4 is 10.1 Å². The summed E-state index contributed by atoms with van der Waals surface area (Å²) in [6.45, 7) is 4.08. The molecule has 0 aliphatic carbocycles. The summed E-state index contributed by atoms with van der Waals surface area (Å²) in [6.07, 6.45) is 3.68. The molecule has 0 amide bonds. The van der Waals surface area contributed by atoms with Crippen LogP contribution in [0.4, 0.5) is 0 Å². The van der Waals surface area contributed by atoms with Gasteiger partial charge in [0.25, 0.3) is 0 Å². The molecule has 2 aromatic rings. The van der Waals surface area contributed by atoms with Gasteiger partial charge >= 0.3 is 5.97 Å². The van der Waals surface area contributed by atoms with Gasteiger partial charge in [-0.3, -0.25) is 0 Å². The molecule has 3 N–H and O–H groups in total. The lowest BCUT2D eigenvalue weighted by atomic mass is 10.1. The first-order valence-corrected chi connectivity index (χ1v) is 8.87. The Morgan fingerprint density at radius 1 is 1.08 bits per heavy atom. The van der Waals surface area contributed by atoms with Gasteiger partial charge in [0.1, 0.15) is 5.75 Å². The van der Waals surface area contributed by atoms with Gasteiger partial charge in [0.05, 0.1) is 19.3 Å². The molecular formula is C21H29NO4. The Kier molecular flexibility index (Phi) is 10.8. The Morgan fingerprint density at radius 3 is 2.38 bits per heavy atom. The summed E-state index contributed by atoms with van der Waals surface area (Å²) < 4.78 is 4.95. The van der Waals surface area contributed by atoms with Crippen molar-refractivity contribution >= 4 is 5.97 Å². The van der Waals surface area contributed by atoms with E-state index in [4.69, 9.17) is 14.9 Å². The van der Waals surface area contributed by atoms with Gasteiger partial charge in [0.2, 0.25) is 0 Å². The van der Waals surface area contributed by atoms with Crippen LogP contribution in [-0.4, -0.2) is 29.8 Å². The van der Waals surface area contributed by atoms with Gasteiger partial charge in [-0.2, -0.15) is 0 Å². The first kappa shape index (κ1) is 21.7. The molecule has 0 aromatic heterocycles. The van der Waals surface area contributed by atoms with Gasteiger partial charge in [-0.15, -0.1) is 0 Å². The van der Waals surface area contributed by atoms with E-state index in [1.807, 2.05) is 30.3 Å². The number of methoxy groups -OCH3 is 1. The zero-order chi connectivity index (χ0) is 19.2. The maximum atomic E-state index is 10.6. The fourth-order valence-corrected chi connectivity index (χ4v) is 2.27. The second kappa shape index (κ2) is 12.9. The molecule has 26 heavy (non-hydrogen) atoms. The Hall–Kier alpha value is -2.37. The number of nitrogens with one attached hydrogen (secondary N) is 1. The molecule has 0 fully saturated rings. The number of carbonyl (C=O) groups is 1. The van der Waals surface area contributed by atoms with Crippen molar-refractivity contribution in [1.29, 1.82) is 0 Å². The molecule has 0 atom stereocenters. The molecular weight excluding hydrogens is 330 g/mol. The number of carboxylic acids is 1. The highest BCUT2D eigenvalue weighted by molar-refractivity contribution is 5.87. The number of ether oxygens (including phenoxy) is 1. The minimum atomic E-state index is -0.873. The van der Waals surface area contributed by atoms with Crippen LogP contribution in [0.5, 0.6) is 5.75 Å². The van der Waals surface area contributed by atoms with Crippen molar-refractivity contribution in [2.24, 2.45) is 0 Å². The van der Waals surface area contributed by atoms with E-state index in [9.17, 15) is 4.79 Å². The van der Waals surface area contributed by atoms with Gasteiger partial charge in [0.15, 0.2) is 0 Å². The number of benzene rings is 2. The number of aromatic carboxylic acids is 1. The summed E-state index contributed by atoms with van der Waals surface area (Å²) in [5.41, 5.74) is 2.34. The van der Waals surface area contributed by atoms with Gasteiger partial charge in [0, 0.05) is 6.54 Å². The third-order valence-corrected chi connectivity index (χ3v) is 3.80. The maximum Gasteiger partial charge on any atom is 0.335 e. The molecule has 0 heterocycles. The van der Waals surface area contributed by atoms with E-state index in [0.717, 1.165) is 30.0 Å². The Labute approximate surface area is 155 Å². The summed E-state index contributed by atoms with van der Waals surface area (Å²) >= 11 is 0. The van der Waals surface area contributed by atoms with Crippen LogP contribution in [0, 0.1) is 0 Å². The van der Waals surface area contributed by atoms with Crippen molar-refractivity contribution in [2.45, 2.75) is 39.3 Å². The van der Waals surface area contributed by atoms with E-state index in [1.54, 1.807) is 25.3 Å². The Balaban J connectivity index is 0.000000289. The van der Waals surface area contributed by atoms with Crippen molar-refractivity contribution in [3.8, 4) is 5.75 Å². The second-order valence-electron chi connectivity index (χ2n) is 5.90. The molecule has 5 nitrogen and oxygen atoms in total. The van der Waals surface area contributed by atoms with E-state index in [1.165, 1.54) is 19.3 Å². The quantitative estimate of drug-likeness (QED) is 0.593. The van der Waals surface area contributed by atoms with Crippen LogP contribution in [0.25, 0.3) is 0 Å². The number of carboxylic acid groups (broad SMARTS) is 1. The Morgan fingerprint density at radius 2 is 1.81 bits per heavy atom. The predicted molar refractivity (Wildman–Crippen MR) is 104 cm³/mol. The van der Waals surface area contributed by atoms with E-state index in [0.29, 0.717) is 5.56 Å². The van der Waals surface area contributed by atoms with Gasteiger partial charge in [-0.25, -0.2) is 4.79 Å². The number of unbranched alkanes of at least 4 members (excludes halogenated alkanes) is 2. The maximum absolute atomic E-state index is 10.6. The van der Waals surface area contributed by atoms with Crippen LogP contribution in [-0.2, 0) is 13.2 Å². The third kappa shape index (κ3) is 8.65. The molecule has 0 saturated carbocycles. The molecule has 142 valence electrons. The topological polar surface area (TPSA) is 78.8 Å². The molecule has 0 aliphatic rings. The van der Waals surface area contributed by atoms with Gasteiger partial charge in [-0.05, 0) is 48.4 Å². The van der Waals surface area contributed by atoms with Crippen molar-refractivity contribution in [1.82, 2.24) is 5.32 Å². The predicted octanol–water partition coefficient (Wildman–Crippen LogP) is 3.85. The van der Waals surface area contributed by atoms with Crippen molar-refractivity contribution in [2.75, 3.05) is 13.7 Å². The minimum absolute atomic E-state index is 0.0667. The van der Waals surface area contributed by atoms with Crippen LogP contribution in [0.15, 0.2) is 48.5 Å². The minimum Gasteiger partial charge on any atom is -0.497 e. The fourth-order valence-electron chi connectivity index (χ4n) is 2.27. The summed E-state index contributed by atoms with van der Waals surface area (Å²) in [6, 6.07) is 14.4. The standard InChI is InChI=1S/C13H19NO2.C8H10O2/c1-2-3-4-9-14-10-11-5-7-12(8-6-11)13(15)16;1-10-8-4-2-3-7(5-8)6-9/h5-8,14H,2-4,9-10H2,1H3,(H,15,16);2-5,9H,6H2,1H3. The van der Waals surface area contributed by atoms with Crippen LogP contribution in [0.3, 0.4) is 0 Å². The van der Waals surface area contributed by atoms with Gasteiger partial charge in [-0.1, -0.05) is 44.0 Å². The number of hydrogen-bond acceptors (Lipinski definition) is 4. The van der Waals surface area contributed by atoms with Crippen molar-refractivity contribution < 1.29 is 19.7 Å². The number of aliphatic hydroxyl groups excluding tert-OH is 1. The van der Waals surface area contributed by atoms with E-state index in [-0.39, 0.29) is 6.61 Å². The number of aliphatic hydroxyl groups is 1. The monoisotopic (exact) mass is 359 g/mol. The zero-order valence-electron chi connectivity index (χ0n) is 15.6.